The highest BCUT2D eigenvalue weighted by Gasteiger charge is 2.43. The number of hydrogen-bond acceptors (Lipinski definition) is 8. The first-order valence-corrected chi connectivity index (χ1v) is 10.1. The number of Topliss-reactive ketones (excluding diaryl/α,β-unsaturated/α-hetero) is 1. The molecule has 0 saturated carbocycles. The Bertz CT molecular complexity index is 1120. The van der Waals surface area contributed by atoms with Crippen LogP contribution in [0, 0.1) is 21.4 Å². The number of carbonyl (C=O) groups excluding carboxylic acids is 2. The van der Waals surface area contributed by atoms with Crippen molar-refractivity contribution in [1.29, 1.82) is 5.26 Å². The van der Waals surface area contributed by atoms with E-state index in [9.17, 15) is 19.7 Å². The highest BCUT2D eigenvalue weighted by atomic mass is 16.6. The van der Waals surface area contributed by atoms with Crippen molar-refractivity contribution in [3.05, 3.63) is 63.2 Å². The van der Waals surface area contributed by atoms with Gasteiger partial charge < -0.3 is 14.2 Å². The fourth-order valence-corrected chi connectivity index (χ4v) is 3.42. The van der Waals surface area contributed by atoms with Crippen LogP contribution in [0.3, 0.4) is 0 Å². The molecule has 0 amide bonds. The van der Waals surface area contributed by atoms with Gasteiger partial charge in [-0.15, -0.1) is 0 Å². The molecule has 174 valence electrons. The van der Waals surface area contributed by atoms with Crippen molar-refractivity contribution < 1.29 is 28.7 Å². The third-order valence-electron chi connectivity index (χ3n) is 5.23. The fourth-order valence-electron chi connectivity index (χ4n) is 3.42. The Morgan fingerprint density at radius 1 is 1.09 bits per heavy atom. The Balaban J connectivity index is 2.62. The van der Waals surface area contributed by atoms with E-state index >= 15 is 0 Å². The normalized spacial score (nSPS) is 11.9. The molecular weight excluding hydrogens is 428 g/mol. The van der Waals surface area contributed by atoms with Crippen molar-refractivity contribution in [1.82, 2.24) is 0 Å². The minimum absolute atomic E-state index is 0.0336. The number of ether oxygens (including phenoxy) is 3. The van der Waals surface area contributed by atoms with Gasteiger partial charge in [0.25, 0.3) is 5.69 Å². The van der Waals surface area contributed by atoms with Crippen molar-refractivity contribution in [2.75, 3.05) is 14.2 Å². The summed E-state index contributed by atoms with van der Waals surface area (Å²) in [4.78, 5) is 37.3. The molecule has 1 atom stereocenters. The van der Waals surface area contributed by atoms with Gasteiger partial charge in [-0.05, 0) is 57.5 Å². The lowest BCUT2D eigenvalue weighted by Crippen LogP contribution is -2.38. The van der Waals surface area contributed by atoms with Crippen LogP contribution in [0.2, 0.25) is 0 Å². The number of esters is 1. The standard InChI is InChI=1S/C24H26N2O7/c1-14(2)33-19-10-8-16(12-20(19)31-5)24(3,4)22(27)21(23(28)32-6)17-9-7-15(13-25)11-18(17)26(29)30/h7-12,14,21H,1-6H3. The third kappa shape index (κ3) is 5.29. The molecule has 0 spiro atoms. The maximum Gasteiger partial charge on any atom is 0.321 e. The maximum atomic E-state index is 13.7. The number of nitrogens with zero attached hydrogens (tertiary/aromatic N) is 2. The van der Waals surface area contributed by atoms with E-state index < -0.39 is 33.7 Å². The van der Waals surface area contributed by atoms with Gasteiger partial charge in [-0.2, -0.15) is 5.26 Å². The summed E-state index contributed by atoms with van der Waals surface area (Å²) in [7, 11) is 2.57. The van der Waals surface area contributed by atoms with Crippen LogP contribution in [0.15, 0.2) is 36.4 Å². The topological polar surface area (TPSA) is 129 Å². The second-order valence-electron chi connectivity index (χ2n) is 8.12. The molecule has 2 aromatic carbocycles. The number of methoxy groups -OCH3 is 2. The Hall–Kier alpha value is -3.93. The van der Waals surface area contributed by atoms with Crippen LogP contribution in [0.1, 0.15) is 50.3 Å². The molecule has 9 heteroatoms. The van der Waals surface area contributed by atoms with E-state index in [1.807, 2.05) is 19.9 Å². The number of benzene rings is 2. The molecule has 0 heterocycles. The summed E-state index contributed by atoms with van der Waals surface area (Å²) >= 11 is 0. The van der Waals surface area contributed by atoms with Gasteiger partial charge in [-0.25, -0.2) is 0 Å². The zero-order valence-electron chi connectivity index (χ0n) is 19.4. The van der Waals surface area contributed by atoms with Crippen molar-refractivity contribution in [3.63, 3.8) is 0 Å². The van der Waals surface area contributed by atoms with Crippen LogP contribution in [0.5, 0.6) is 11.5 Å². The quantitative estimate of drug-likeness (QED) is 0.240. The van der Waals surface area contributed by atoms with E-state index in [0.29, 0.717) is 17.1 Å². The molecule has 9 nitrogen and oxygen atoms in total. The minimum atomic E-state index is -1.57. The molecule has 0 fully saturated rings. The lowest BCUT2D eigenvalue weighted by molar-refractivity contribution is -0.385. The lowest BCUT2D eigenvalue weighted by atomic mass is 9.73. The Morgan fingerprint density at radius 3 is 2.27 bits per heavy atom. The predicted molar refractivity (Wildman–Crippen MR) is 119 cm³/mol. The largest absolute Gasteiger partial charge is 0.493 e. The molecule has 2 rings (SSSR count). The van der Waals surface area contributed by atoms with Gasteiger partial charge in [0.15, 0.2) is 17.3 Å². The molecule has 33 heavy (non-hydrogen) atoms. The molecule has 0 aliphatic rings. The summed E-state index contributed by atoms with van der Waals surface area (Å²) in [6.45, 7) is 6.95. The van der Waals surface area contributed by atoms with Crippen LogP contribution in [0.4, 0.5) is 5.69 Å². The summed E-state index contributed by atoms with van der Waals surface area (Å²) < 4.78 is 15.9. The fraction of sp³-hybridized carbons (Fsp3) is 0.375. The van der Waals surface area contributed by atoms with E-state index in [4.69, 9.17) is 19.5 Å². The van der Waals surface area contributed by atoms with Crippen LogP contribution in [-0.2, 0) is 19.7 Å². The Kier molecular flexibility index (Phi) is 7.77. The van der Waals surface area contributed by atoms with Gasteiger partial charge in [-0.1, -0.05) is 6.07 Å². The number of carbonyl (C=O) groups is 2. The minimum Gasteiger partial charge on any atom is -0.493 e. The summed E-state index contributed by atoms with van der Waals surface area (Å²) in [5.74, 6) is -2.22. The van der Waals surface area contributed by atoms with Gasteiger partial charge in [-0.3, -0.25) is 19.7 Å². The number of nitriles is 1. The summed E-state index contributed by atoms with van der Waals surface area (Å²) in [6.07, 6.45) is -0.0972. The number of nitro groups is 1. The first kappa shape index (κ1) is 25.3. The molecule has 2 aromatic rings. The zero-order chi connectivity index (χ0) is 24.9. The van der Waals surface area contributed by atoms with Crippen molar-refractivity contribution in [2.45, 2.75) is 45.1 Å². The van der Waals surface area contributed by atoms with E-state index in [1.165, 1.54) is 19.2 Å². The summed E-state index contributed by atoms with van der Waals surface area (Å²) in [5, 5.41) is 20.7. The average Bonchev–Trinajstić information content (AvgIpc) is 2.78. The molecule has 0 N–H and O–H groups in total. The van der Waals surface area contributed by atoms with E-state index in [0.717, 1.165) is 13.2 Å². The molecule has 0 aliphatic carbocycles. The number of rotatable bonds is 9. The molecule has 0 saturated heterocycles. The van der Waals surface area contributed by atoms with Gasteiger partial charge in [0, 0.05) is 11.5 Å². The highest BCUT2D eigenvalue weighted by Crippen LogP contribution is 2.39. The average molecular weight is 454 g/mol. The Labute approximate surface area is 192 Å². The number of hydrogen-bond donors (Lipinski definition) is 0. The van der Waals surface area contributed by atoms with E-state index in [2.05, 4.69) is 0 Å². The van der Waals surface area contributed by atoms with Gasteiger partial charge >= 0.3 is 5.97 Å². The van der Waals surface area contributed by atoms with Crippen LogP contribution < -0.4 is 9.47 Å². The second-order valence-corrected chi connectivity index (χ2v) is 8.12. The van der Waals surface area contributed by atoms with Gasteiger partial charge in [0.05, 0.1) is 42.4 Å². The Morgan fingerprint density at radius 2 is 1.76 bits per heavy atom. The SMILES string of the molecule is COC(=O)C(C(=O)C(C)(C)c1ccc(OC(C)C)c(OC)c1)c1ccc(C#N)cc1[N+](=O)[O-]. The van der Waals surface area contributed by atoms with Crippen molar-refractivity contribution in [3.8, 4) is 17.6 Å². The maximum absolute atomic E-state index is 13.7. The summed E-state index contributed by atoms with van der Waals surface area (Å²) in [6, 6.07) is 10.4. The summed E-state index contributed by atoms with van der Waals surface area (Å²) in [5.41, 5.74) is -1.36. The molecular formula is C24H26N2O7. The van der Waals surface area contributed by atoms with Crippen LogP contribution >= 0.6 is 0 Å². The first-order chi connectivity index (χ1) is 15.5. The monoisotopic (exact) mass is 454 g/mol. The van der Waals surface area contributed by atoms with Crippen LogP contribution in [0.25, 0.3) is 0 Å². The van der Waals surface area contributed by atoms with E-state index in [-0.39, 0.29) is 17.2 Å². The smallest absolute Gasteiger partial charge is 0.321 e. The number of nitro benzene ring substituents is 1. The zero-order valence-corrected chi connectivity index (χ0v) is 19.4. The first-order valence-electron chi connectivity index (χ1n) is 10.1. The molecule has 0 radical (unpaired) electrons. The molecule has 1 unspecified atom stereocenters. The second kappa shape index (κ2) is 10.1. The predicted octanol–water partition coefficient (Wildman–Crippen LogP) is 4.07. The van der Waals surface area contributed by atoms with E-state index in [1.54, 1.807) is 32.0 Å². The van der Waals surface area contributed by atoms with Crippen LogP contribution in [-0.4, -0.2) is 37.0 Å². The highest BCUT2D eigenvalue weighted by molar-refractivity contribution is 6.09. The van der Waals surface area contributed by atoms with Gasteiger partial charge in [0.2, 0.25) is 0 Å². The van der Waals surface area contributed by atoms with Gasteiger partial charge in [0.1, 0.15) is 5.92 Å². The molecule has 0 bridgehead atoms. The van der Waals surface area contributed by atoms with Crippen molar-refractivity contribution >= 4 is 17.4 Å². The third-order valence-corrected chi connectivity index (χ3v) is 5.23. The lowest BCUT2D eigenvalue weighted by Gasteiger charge is -2.28. The van der Waals surface area contributed by atoms with Crippen molar-refractivity contribution in [2.24, 2.45) is 0 Å². The molecule has 0 aliphatic heterocycles. The number of ketones is 1. The molecule has 0 aromatic heterocycles.